The number of amides is 1. The normalized spacial score (nSPS) is 15.7. The van der Waals surface area contributed by atoms with Crippen LogP contribution >= 0.6 is 0 Å². The lowest BCUT2D eigenvalue weighted by Gasteiger charge is -2.29. The lowest BCUT2D eigenvalue weighted by atomic mass is 10.0. The van der Waals surface area contributed by atoms with Crippen LogP contribution in [0, 0.1) is 5.92 Å². The van der Waals surface area contributed by atoms with Crippen LogP contribution in [0.5, 0.6) is 0 Å². The largest absolute Gasteiger partial charge is 0.458 e. The Morgan fingerprint density at radius 1 is 1.09 bits per heavy atom. The number of alkyl carbamates (subject to hydrolysis) is 1. The van der Waals surface area contributed by atoms with Crippen molar-refractivity contribution in [3.05, 3.63) is 0 Å². The molecule has 0 aliphatic heterocycles. The van der Waals surface area contributed by atoms with Gasteiger partial charge in [-0.3, -0.25) is 0 Å². The van der Waals surface area contributed by atoms with Gasteiger partial charge in [0.15, 0.2) is 0 Å². The van der Waals surface area contributed by atoms with E-state index in [1.54, 1.807) is 27.7 Å². The highest BCUT2D eigenvalue weighted by Gasteiger charge is 2.29. The second-order valence-corrected chi connectivity index (χ2v) is 7.09. The molecule has 0 heterocycles. The van der Waals surface area contributed by atoms with Crippen molar-refractivity contribution in [3.63, 3.8) is 0 Å². The van der Waals surface area contributed by atoms with Gasteiger partial charge in [0.1, 0.15) is 17.7 Å². The van der Waals surface area contributed by atoms with E-state index in [-0.39, 0.29) is 18.1 Å². The SMILES string of the molecule is CCCO[C@@H](C)C(OC(=O)[C@H](C)NC(=O)OC(C)(C)C)C(C)C. The summed E-state index contributed by atoms with van der Waals surface area (Å²) in [4.78, 5) is 23.9. The minimum Gasteiger partial charge on any atom is -0.458 e. The Kier molecular flexibility index (Phi) is 9.20. The van der Waals surface area contributed by atoms with E-state index in [1.807, 2.05) is 27.7 Å². The number of esters is 1. The van der Waals surface area contributed by atoms with Crippen LogP contribution in [-0.2, 0) is 19.0 Å². The molecule has 6 nitrogen and oxygen atoms in total. The monoisotopic (exact) mass is 331 g/mol. The maximum atomic E-state index is 12.2. The second-order valence-electron chi connectivity index (χ2n) is 7.09. The van der Waals surface area contributed by atoms with Crippen molar-refractivity contribution in [1.82, 2.24) is 5.32 Å². The molecule has 0 radical (unpaired) electrons. The predicted octanol–water partition coefficient (Wildman–Crippen LogP) is 3.28. The first kappa shape index (κ1) is 21.7. The average molecular weight is 331 g/mol. The van der Waals surface area contributed by atoms with Crippen molar-refractivity contribution in [2.75, 3.05) is 6.61 Å². The number of hydrogen-bond donors (Lipinski definition) is 1. The van der Waals surface area contributed by atoms with Crippen LogP contribution in [0.25, 0.3) is 0 Å². The molecule has 0 fully saturated rings. The van der Waals surface area contributed by atoms with Crippen LogP contribution in [0.3, 0.4) is 0 Å². The summed E-state index contributed by atoms with van der Waals surface area (Å²) in [7, 11) is 0. The smallest absolute Gasteiger partial charge is 0.408 e. The highest BCUT2D eigenvalue weighted by molar-refractivity contribution is 5.81. The third-order valence-corrected chi connectivity index (χ3v) is 3.04. The first-order valence-corrected chi connectivity index (χ1v) is 8.29. The maximum Gasteiger partial charge on any atom is 0.408 e. The van der Waals surface area contributed by atoms with Gasteiger partial charge in [-0.25, -0.2) is 9.59 Å². The van der Waals surface area contributed by atoms with Crippen LogP contribution in [0.4, 0.5) is 4.79 Å². The molecule has 6 heteroatoms. The standard InChI is InChI=1S/C17H33NO5/c1-9-10-21-13(5)14(11(2)3)22-15(19)12(4)18-16(20)23-17(6,7)8/h11-14H,9-10H2,1-8H3,(H,18,20)/t12-,13-,14?/m0/s1. The number of hydrogen-bond acceptors (Lipinski definition) is 5. The van der Waals surface area contributed by atoms with Gasteiger partial charge >= 0.3 is 12.1 Å². The zero-order chi connectivity index (χ0) is 18.2. The Morgan fingerprint density at radius 2 is 1.65 bits per heavy atom. The van der Waals surface area contributed by atoms with Gasteiger partial charge in [0, 0.05) is 6.61 Å². The lowest BCUT2D eigenvalue weighted by molar-refractivity contribution is -0.162. The maximum absolute atomic E-state index is 12.2. The molecule has 1 unspecified atom stereocenters. The molecular formula is C17H33NO5. The summed E-state index contributed by atoms with van der Waals surface area (Å²) in [5.41, 5.74) is -0.614. The highest BCUT2D eigenvalue weighted by Crippen LogP contribution is 2.15. The fraction of sp³-hybridized carbons (Fsp3) is 0.882. The summed E-state index contributed by atoms with van der Waals surface area (Å²) in [5.74, 6) is -0.388. The van der Waals surface area contributed by atoms with E-state index < -0.39 is 23.7 Å². The molecule has 0 aliphatic carbocycles. The van der Waals surface area contributed by atoms with Gasteiger partial charge in [0.2, 0.25) is 0 Å². The minimum absolute atomic E-state index is 0.111. The van der Waals surface area contributed by atoms with Gasteiger partial charge < -0.3 is 19.5 Å². The molecule has 23 heavy (non-hydrogen) atoms. The summed E-state index contributed by atoms with van der Waals surface area (Å²) >= 11 is 0. The van der Waals surface area contributed by atoms with Gasteiger partial charge in [0.25, 0.3) is 0 Å². The summed E-state index contributed by atoms with van der Waals surface area (Å²) in [6, 6.07) is -0.788. The second kappa shape index (κ2) is 9.75. The van der Waals surface area contributed by atoms with Crippen molar-refractivity contribution in [2.45, 2.75) is 85.7 Å². The van der Waals surface area contributed by atoms with Crippen LogP contribution in [0.1, 0.15) is 61.8 Å². The van der Waals surface area contributed by atoms with Gasteiger partial charge in [0.05, 0.1) is 6.10 Å². The third kappa shape index (κ3) is 9.43. The summed E-state index contributed by atoms with van der Waals surface area (Å²) in [5, 5.41) is 2.49. The molecule has 1 amide bonds. The number of rotatable bonds is 8. The molecule has 0 spiro atoms. The molecular weight excluding hydrogens is 298 g/mol. The van der Waals surface area contributed by atoms with Gasteiger partial charge in [-0.1, -0.05) is 20.8 Å². The molecule has 0 aromatic rings. The van der Waals surface area contributed by atoms with Crippen molar-refractivity contribution in [2.24, 2.45) is 5.92 Å². The molecule has 136 valence electrons. The Morgan fingerprint density at radius 3 is 2.09 bits per heavy atom. The molecule has 1 N–H and O–H groups in total. The Labute approximate surface area is 140 Å². The summed E-state index contributed by atoms with van der Waals surface area (Å²) in [6.45, 7) is 15.3. The molecule has 0 rings (SSSR count). The molecule has 0 aromatic carbocycles. The third-order valence-electron chi connectivity index (χ3n) is 3.04. The van der Waals surface area contributed by atoms with E-state index in [1.165, 1.54) is 0 Å². The zero-order valence-corrected chi connectivity index (χ0v) is 15.8. The van der Waals surface area contributed by atoms with Crippen LogP contribution in [0.2, 0.25) is 0 Å². The van der Waals surface area contributed by atoms with E-state index in [0.29, 0.717) is 6.61 Å². The van der Waals surface area contributed by atoms with E-state index in [9.17, 15) is 9.59 Å². The number of carbonyl (C=O) groups excluding carboxylic acids is 2. The van der Waals surface area contributed by atoms with Crippen molar-refractivity contribution >= 4 is 12.1 Å². The number of ether oxygens (including phenoxy) is 3. The van der Waals surface area contributed by atoms with E-state index in [4.69, 9.17) is 14.2 Å². The summed E-state index contributed by atoms with van der Waals surface area (Å²) in [6.07, 6.45) is -0.303. The molecule has 0 bridgehead atoms. The van der Waals surface area contributed by atoms with Crippen LogP contribution in [-0.4, -0.2) is 42.5 Å². The molecule has 0 saturated heterocycles. The zero-order valence-electron chi connectivity index (χ0n) is 15.8. The minimum atomic E-state index is -0.788. The molecule has 0 aromatic heterocycles. The van der Waals surface area contributed by atoms with Crippen LogP contribution in [0.15, 0.2) is 0 Å². The first-order chi connectivity index (χ1) is 10.5. The van der Waals surface area contributed by atoms with E-state index >= 15 is 0 Å². The van der Waals surface area contributed by atoms with Gasteiger partial charge in [-0.05, 0) is 47.0 Å². The first-order valence-electron chi connectivity index (χ1n) is 8.29. The van der Waals surface area contributed by atoms with E-state index in [0.717, 1.165) is 6.42 Å². The molecule has 0 aliphatic rings. The fourth-order valence-electron chi connectivity index (χ4n) is 1.95. The quantitative estimate of drug-likeness (QED) is 0.691. The Hall–Kier alpha value is -1.30. The van der Waals surface area contributed by atoms with Crippen LogP contribution < -0.4 is 5.32 Å². The molecule has 0 saturated carbocycles. The molecule has 3 atom stereocenters. The van der Waals surface area contributed by atoms with Crippen molar-refractivity contribution < 1.29 is 23.8 Å². The predicted molar refractivity (Wildman–Crippen MR) is 89.3 cm³/mol. The van der Waals surface area contributed by atoms with Gasteiger partial charge in [-0.2, -0.15) is 0 Å². The summed E-state index contributed by atoms with van der Waals surface area (Å²) < 4.78 is 16.3. The number of carbonyl (C=O) groups is 2. The fourth-order valence-corrected chi connectivity index (χ4v) is 1.95. The Bertz CT molecular complexity index is 376. The topological polar surface area (TPSA) is 73.9 Å². The van der Waals surface area contributed by atoms with Crippen molar-refractivity contribution in [1.29, 1.82) is 0 Å². The average Bonchev–Trinajstić information content (AvgIpc) is 2.38. The number of nitrogens with one attached hydrogen (secondary N) is 1. The lowest BCUT2D eigenvalue weighted by Crippen LogP contribution is -2.45. The van der Waals surface area contributed by atoms with Crippen molar-refractivity contribution in [3.8, 4) is 0 Å². The van der Waals surface area contributed by atoms with Gasteiger partial charge in [-0.15, -0.1) is 0 Å². The van der Waals surface area contributed by atoms with E-state index in [2.05, 4.69) is 5.32 Å². The Balaban J connectivity index is 4.58. The highest BCUT2D eigenvalue weighted by atomic mass is 16.6.